The van der Waals surface area contributed by atoms with Crippen molar-refractivity contribution >= 4 is 0 Å². The molecule has 0 unspecified atom stereocenters. The molecular formula is C16H22NO2. The average Bonchev–Trinajstić information content (AvgIpc) is 2.87. The van der Waals surface area contributed by atoms with E-state index in [1.165, 1.54) is 12.0 Å². The van der Waals surface area contributed by atoms with Crippen molar-refractivity contribution < 1.29 is 9.47 Å². The molecule has 19 heavy (non-hydrogen) atoms. The fourth-order valence-electron chi connectivity index (χ4n) is 3.36. The molecule has 1 aromatic carbocycles. The van der Waals surface area contributed by atoms with Crippen LogP contribution in [0.5, 0.6) is 11.5 Å². The van der Waals surface area contributed by atoms with E-state index in [4.69, 9.17) is 9.47 Å². The van der Waals surface area contributed by atoms with Crippen molar-refractivity contribution in [1.29, 1.82) is 0 Å². The van der Waals surface area contributed by atoms with Gasteiger partial charge in [-0.1, -0.05) is 19.4 Å². The van der Waals surface area contributed by atoms with E-state index in [1.807, 2.05) is 12.1 Å². The van der Waals surface area contributed by atoms with E-state index in [1.54, 1.807) is 7.11 Å². The van der Waals surface area contributed by atoms with Crippen LogP contribution in [0, 0.1) is 12.8 Å². The van der Waals surface area contributed by atoms with Crippen molar-refractivity contribution in [2.24, 2.45) is 5.92 Å². The Balaban J connectivity index is 1.84. The lowest BCUT2D eigenvalue weighted by atomic mass is 9.86. The van der Waals surface area contributed by atoms with E-state index in [9.17, 15) is 0 Å². The van der Waals surface area contributed by atoms with Gasteiger partial charge in [0.05, 0.1) is 13.7 Å². The van der Waals surface area contributed by atoms with Crippen LogP contribution in [-0.2, 0) is 0 Å². The minimum atomic E-state index is 0.560. The number of nitrogens with zero attached hydrogens (tertiary/aromatic N) is 1. The number of hydrogen-bond donors (Lipinski definition) is 0. The van der Waals surface area contributed by atoms with E-state index in [2.05, 4.69) is 17.9 Å². The monoisotopic (exact) mass is 260 g/mol. The predicted molar refractivity (Wildman–Crippen MR) is 75.8 cm³/mol. The second-order valence-electron chi connectivity index (χ2n) is 5.52. The zero-order chi connectivity index (χ0) is 13.2. The first kappa shape index (κ1) is 12.8. The van der Waals surface area contributed by atoms with Gasteiger partial charge < -0.3 is 14.4 Å². The molecule has 3 nitrogen and oxygen atoms in total. The third-order valence-corrected chi connectivity index (χ3v) is 4.31. The molecule has 1 aromatic rings. The van der Waals surface area contributed by atoms with Gasteiger partial charge in [0.15, 0.2) is 0 Å². The molecule has 0 bridgehead atoms. The van der Waals surface area contributed by atoms with Gasteiger partial charge in [0.25, 0.3) is 0 Å². The molecule has 3 rings (SSSR count). The molecule has 0 saturated carbocycles. The summed E-state index contributed by atoms with van der Waals surface area (Å²) in [6.45, 7) is 8.19. The Morgan fingerprint density at radius 2 is 2.32 bits per heavy atom. The van der Waals surface area contributed by atoms with Gasteiger partial charge >= 0.3 is 0 Å². The van der Waals surface area contributed by atoms with Gasteiger partial charge in [-0.05, 0) is 25.1 Å². The molecule has 2 aliphatic rings. The van der Waals surface area contributed by atoms with Crippen LogP contribution in [0.4, 0.5) is 0 Å². The summed E-state index contributed by atoms with van der Waals surface area (Å²) in [5.41, 5.74) is 1.28. The zero-order valence-corrected chi connectivity index (χ0v) is 11.6. The average molecular weight is 260 g/mol. The highest BCUT2D eigenvalue weighted by atomic mass is 16.5. The molecule has 2 heterocycles. The summed E-state index contributed by atoms with van der Waals surface area (Å²) in [6.07, 6.45) is 2.20. The second kappa shape index (κ2) is 5.41. The fraction of sp³-hybridized carbons (Fsp3) is 0.562. The lowest BCUT2D eigenvalue weighted by molar-refractivity contribution is 0.209. The number of unbranched alkanes of at least 4 members (excludes halogenated alkanes) is 1. The van der Waals surface area contributed by atoms with E-state index in [-0.39, 0.29) is 0 Å². The molecule has 0 aromatic heterocycles. The minimum Gasteiger partial charge on any atom is -0.496 e. The first-order valence-electron chi connectivity index (χ1n) is 7.14. The molecule has 1 saturated heterocycles. The molecular weight excluding hydrogens is 238 g/mol. The highest BCUT2D eigenvalue weighted by Gasteiger charge is 2.40. The van der Waals surface area contributed by atoms with E-state index < -0.39 is 0 Å². The molecule has 0 spiro atoms. The first-order valence-corrected chi connectivity index (χ1v) is 7.14. The number of methoxy groups -OCH3 is 1. The Kier molecular flexibility index (Phi) is 3.65. The van der Waals surface area contributed by atoms with Crippen LogP contribution in [0.25, 0.3) is 0 Å². The minimum absolute atomic E-state index is 0.560. The van der Waals surface area contributed by atoms with Crippen LogP contribution in [0.2, 0.25) is 0 Å². The molecule has 2 atom stereocenters. The van der Waals surface area contributed by atoms with Crippen LogP contribution in [0.3, 0.4) is 0 Å². The summed E-state index contributed by atoms with van der Waals surface area (Å²) < 4.78 is 11.4. The Morgan fingerprint density at radius 1 is 1.42 bits per heavy atom. The summed E-state index contributed by atoms with van der Waals surface area (Å²) in [6, 6.07) is 6.11. The predicted octanol–water partition coefficient (Wildman–Crippen LogP) is 2.72. The lowest BCUT2D eigenvalue weighted by Crippen LogP contribution is -2.25. The van der Waals surface area contributed by atoms with Crippen molar-refractivity contribution in [1.82, 2.24) is 4.90 Å². The molecule has 3 heteroatoms. The number of fused-ring (bicyclic) bond motifs is 3. The Bertz CT molecular complexity index is 432. The Hall–Kier alpha value is -1.22. The van der Waals surface area contributed by atoms with E-state index >= 15 is 0 Å². The van der Waals surface area contributed by atoms with Gasteiger partial charge in [-0.25, -0.2) is 0 Å². The number of benzene rings is 1. The largest absolute Gasteiger partial charge is 0.496 e. The Morgan fingerprint density at radius 3 is 3.11 bits per heavy atom. The van der Waals surface area contributed by atoms with Crippen LogP contribution >= 0.6 is 0 Å². The third-order valence-electron chi connectivity index (χ3n) is 4.31. The summed E-state index contributed by atoms with van der Waals surface area (Å²) in [7, 11) is 1.74. The highest BCUT2D eigenvalue weighted by molar-refractivity contribution is 5.49. The van der Waals surface area contributed by atoms with Crippen LogP contribution < -0.4 is 9.47 Å². The molecule has 2 aliphatic heterocycles. The maximum absolute atomic E-state index is 5.91. The zero-order valence-electron chi connectivity index (χ0n) is 11.6. The van der Waals surface area contributed by atoms with Crippen LogP contribution in [-0.4, -0.2) is 38.3 Å². The normalized spacial score (nSPS) is 25.6. The summed E-state index contributed by atoms with van der Waals surface area (Å²) >= 11 is 0. The lowest BCUT2D eigenvalue weighted by Gasteiger charge is -2.29. The summed E-state index contributed by atoms with van der Waals surface area (Å²) in [5, 5.41) is 0. The molecule has 1 fully saturated rings. The fourth-order valence-corrected chi connectivity index (χ4v) is 3.36. The van der Waals surface area contributed by atoms with Crippen molar-refractivity contribution in [3.8, 4) is 11.5 Å². The quantitative estimate of drug-likeness (QED) is 0.831. The van der Waals surface area contributed by atoms with Crippen LogP contribution in [0.1, 0.15) is 24.3 Å². The molecule has 0 aliphatic carbocycles. The van der Waals surface area contributed by atoms with Gasteiger partial charge in [-0.15, -0.1) is 0 Å². The number of ether oxygens (including phenoxy) is 2. The Labute approximate surface area is 115 Å². The molecule has 103 valence electrons. The number of rotatable bonds is 4. The van der Waals surface area contributed by atoms with Gasteiger partial charge in [-0.3, -0.25) is 0 Å². The van der Waals surface area contributed by atoms with Gasteiger partial charge in [-0.2, -0.15) is 0 Å². The smallest absolute Gasteiger partial charge is 0.126 e. The number of likely N-dealkylation sites (tertiary alicyclic amines) is 1. The third kappa shape index (κ3) is 2.32. The second-order valence-corrected chi connectivity index (χ2v) is 5.52. The van der Waals surface area contributed by atoms with Gasteiger partial charge in [0.1, 0.15) is 11.5 Å². The van der Waals surface area contributed by atoms with E-state index in [0.29, 0.717) is 11.8 Å². The van der Waals surface area contributed by atoms with Crippen molar-refractivity contribution in [3.05, 3.63) is 30.7 Å². The maximum Gasteiger partial charge on any atom is 0.126 e. The molecule has 1 radical (unpaired) electrons. The van der Waals surface area contributed by atoms with E-state index in [0.717, 1.165) is 44.2 Å². The van der Waals surface area contributed by atoms with Gasteiger partial charge in [0.2, 0.25) is 0 Å². The molecule has 0 N–H and O–H groups in total. The number of hydrogen-bond acceptors (Lipinski definition) is 3. The molecule has 0 amide bonds. The standard InChI is InChI=1S/C16H22NO2/c1-3-4-8-17-9-12-11-19-15-7-5-6-14(18-2)16(15)13(12)10-17/h5-7,12-13H,1,3-4,8-11H2,2H3/t12-,13+/m1/s1. The highest BCUT2D eigenvalue weighted by Crippen LogP contribution is 2.45. The topological polar surface area (TPSA) is 21.7 Å². The van der Waals surface area contributed by atoms with Crippen LogP contribution in [0.15, 0.2) is 18.2 Å². The van der Waals surface area contributed by atoms with Gasteiger partial charge in [0, 0.05) is 30.5 Å². The van der Waals surface area contributed by atoms with Crippen molar-refractivity contribution in [3.63, 3.8) is 0 Å². The first-order chi connectivity index (χ1) is 9.33. The maximum atomic E-state index is 5.91. The summed E-state index contributed by atoms with van der Waals surface area (Å²) in [4.78, 5) is 2.55. The van der Waals surface area contributed by atoms with Crippen molar-refractivity contribution in [2.75, 3.05) is 33.4 Å². The SMILES string of the molecule is [CH2]CCCN1C[C@@H]2COc3cccc(OC)c3[C@H]2C1. The van der Waals surface area contributed by atoms with Crippen molar-refractivity contribution in [2.45, 2.75) is 18.8 Å². The summed E-state index contributed by atoms with van der Waals surface area (Å²) in [5.74, 6) is 3.16.